The van der Waals surface area contributed by atoms with E-state index in [9.17, 15) is 19.8 Å². The molecule has 1 fully saturated rings. The molecular formula is C38H41ClN6O7. The van der Waals surface area contributed by atoms with Crippen LogP contribution in [0.4, 0.5) is 0 Å². The molecule has 1 aliphatic rings. The normalized spacial score (nSPS) is 15.3. The summed E-state index contributed by atoms with van der Waals surface area (Å²) in [5, 5.41) is 34.8. The van der Waals surface area contributed by atoms with Crippen LogP contribution in [-0.2, 0) is 22.7 Å². The first-order valence-electron chi connectivity index (χ1n) is 16.8. The lowest BCUT2D eigenvalue weighted by Crippen LogP contribution is -2.44. The third-order valence-electron chi connectivity index (χ3n) is 9.19. The number of carboxylic acid groups (broad SMARTS) is 1. The van der Waals surface area contributed by atoms with Crippen LogP contribution in [0.15, 0.2) is 66.9 Å². The van der Waals surface area contributed by atoms with Crippen molar-refractivity contribution in [2.75, 3.05) is 27.9 Å². The van der Waals surface area contributed by atoms with Crippen molar-refractivity contribution in [3.05, 3.63) is 83.0 Å². The molecule has 272 valence electrons. The average Bonchev–Trinajstić information content (AvgIpc) is 3.77. The minimum atomic E-state index is -1.17. The number of hydrogen-bond acceptors (Lipinski definition) is 10. The maximum Gasteiger partial charge on any atom is 0.323 e. The van der Waals surface area contributed by atoms with Gasteiger partial charge in [0.2, 0.25) is 11.8 Å². The number of pyridine rings is 1. The summed E-state index contributed by atoms with van der Waals surface area (Å²) in [5.74, 6) is 0.325. The quantitative estimate of drug-likeness (QED) is 0.101. The van der Waals surface area contributed by atoms with E-state index in [2.05, 4.69) is 16.0 Å². The number of aromatic nitrogens is 3. The summed E-state index contributed by atoms with van der Waals surface area (Å²) in [7, 11) is 4.63. The number of nitrogens with zero attached hydrogens (tertiary/aromatic N) is 3. The molecule has 3 aromatic carbocycles. The highest BCUT2D eigenvalue weighted by Gasteiger charge is 2.25. The topological polar surface area (TPSA) is 169 Å². The zero-order valence-electron chi connectivity index (χ0n) is 29.3. The molecule has 0 aliphatic carbocycles. The fraction of sp³-hybridized carbons (Fsp3) is 0.316. The number of aliphatic hydroxyl groups excluding tert-OH is 1. The van der Waals surface area contributed by atoms with Crippen LogP contribution in [0.5, 0.6) is 17.4 Å². The molecule has 3 heterocycles. The summed E-state index contributed by atoms with van der Waals surface area (Å²) < 4.78 is 18.8. The van der Waals surface area contributed by atoms with Gasteiger partial charge in [0.05, 0.1) is 61.1 Å². The van der Waals surface area contributed by atoms with E-state index in [4.69, 9.17) is 35.9 Å². The minimum absolute atomic E-state index is 0.0784. The molecule has 0 unspecified atom stereocenters. The number of methoxy groups -OCH3 is 3. The van der Waals surface area contributed by atoms with Crippen LogP contribution in [0, 0.1) is 0 Å². The Bertz CT molecular complexity index is 2080. The highest BCUT2D eigenvalue weighted by atomic mass is 35.5. The van der Waals surface area contributed by atoms with Crippen LogP contribution < -0.4 is 30.2 Å². The maximum absolute atomic E-state index is 11.6. The Morgan fingerprint density at radius 1 is 1.02 bits per heavy atom. The average molecular weight is 729 g/mol. The zero-order chi connectivity index (χ0) is 36.9. The van der Waals surface area contributed by atoms with Crippen molar-refractivity contribution in [2.24, 2.45) is 0 Å². The smallest absolute Gasteiger partial charge is 0.323 e. The van der Waals surface area contributed by atoms with Crippen LogP contribution in [0.3, 0.4) is 0 Å². The third kappa shape index (κ3) is 7.53. The molecule has 0 radical (unpaired) electrons. The molecule has 0 spiro atoms. The van der Waals surface area contributed by atoms with E-state index < -0.39 is 18.1 Å². The second-order valence-electron chi connectivity index (χ2n) is 12.5. The van der Waals surface area contributed by atoms with Gasteiger partial charge in [0, 0.05) is 66.3 Å². The van der Waals surface area contributed by atoms with Crippen LogP contribution in [0.1, 0.15) is 30.9 Å². The highest BCUT2D eigenvalue weighted by molar-refractivity contribution is 6.36. The Hall–Kier alpha value is -5.21. The number of halogens is 1. The number of carboxylic acids is 1. The fourth-order valence-corrected chi connectivity index (χ4v) is 6.84. The Labute approximate surface area is 305 Å². The number of hydrogen-bond donors (Lipinski definition) is 5. The number of carbonyl (C=O) groups excluding carboxylic acids is 1. The molecule has 14 heteroatoms. The summed E-state index contributed by atoms with van der Waals surface area (Å²) in [6.45, 7) is 2.69. The summed E-state index contributed by atoms with van der Waals surface area (Å²) in [6.07, 6.45) is 2.05. The Morgan fingerprint density at radius 3 is 2.38 bits per heavy atom. The summed E-state index contributed by atoms with van der Waals surface area (Å²) >= 11 is 7.15. The molecule has 52 heavy (non-hydrogen) atoms. The van der Waals surface area contributed by atoms with Crippen molar-refractivity contribution >= 4 is 34.4 Å². The number of amides is 1. The molecule has 1 saturated heterocycles. The molecule has 1 aliphatic heterocycles. The number of aliphatic carboxylic acids is 1. The lowest BCUT2D eigenvalue weighted by atomic mass is 9.98. The van der Waals surface area contributed by atoms with Gasteiger partial charge in [-0.15, -0.1) is 0 Å². The predicted molar refractivity (Wildman–Crippen MR) is 197 cm³/mol. The van der Waals surface area contributed by atoms with Gasteiger partial charge in [0.1, 0.15) is 17.5 Å². The zero-order valence-corrected chi connectivity index (χ0v) is 30.0. The van der Waals surface area contributed by atoms with Gasteiger partial charge in [-0.25, -0.2) is 9.67 Å². The maximum atomic E-state index is 11.6. The second-order valence-corrected chi connectivity index (χ2v) is 12.9. The molecule has 0 bridgehead atoms. The molecule has 0 saturated carbocycles. The minimum Gasteiger partial charge on any atom is -0.496 e. The van der Waals surface area contributed by atoms with Crippen LogP contribution in [0.2, 0.25) is 5.02 Å². The predicted octanol–water partition coefficient (Wildman–Crippen LogP) is 4.73. The molecule has 2 aromatic heterocycles. The van der Waals surface area contributed by atoms with Crippen molar-refractivity contribution in [1.82, 2.24) is 30.7 Å². The van der Waals surface area contributed by atoms with E-state index in [0.29, 0.717) is 58.9 Å². The fourth-order valence-electron chi connectivity index (χ4n) is 6.51. The molecule has 6 rings (SSSR count). The lowest BCUT2D eigenvalue weighted by Gasteiger charge is -2.20. The van der Waals surface area contributed by atoms with E-state index >= 15 is 0 Å². The van der Waals surface area contributed by atoms with E-state index in [1.807, 2.05) is 48.5 Å². The first-order valence-corrected chi connectivity index (χ1v) is 17.2. The molecular weight excluding hydrogens is 688 g/mol. The third-order valence-corrected chi connectivity index (χ3v) is 9.59. The highest BCUT2D eigenvalue weighted by Crippen LogP contribution is 2.40. The number of fused-ring (bicyclic) bond motifs is 1. The first kappa shape index (κ1) is 36.6. The molecule has 5 N–H and O–H groups in total. The Balaban J connectivity index is 1.29. The van der Waals surface area contributed by atoms with Crippen molar-refractivity contribution in [3.63, 3.8) is 0 Å². The molecule has 13 nitrogen and oxygen atoms in total. The SMILES string of the molecule is COc1cc(-n2ncc3c(-c4cccc(-c5ccc(CNC[C@@H]6CCC(=O)N6)c(OC)n5)c4Cl)cccc32)cc(OC)c1CN[C@H](C(=O)O)[C@@H](C)O. The van der Waals surface area contributed by atoms with Gasteiger partial charge in [-0.2, -0.15) is 5.10 Å². The van der Waals surface area contributed by atoms with Crippen LogP contribution in [0.25, 0.3) is 39.0 Å². The summed E-state index contributed by atoms with van der Waals surface area (Å²) in [4.78, 5) is 28.0. The van der Waals surface area contributed by atoms with E-state index in [0.717, 1.165) is 39.6 Å². The van der Waals surface area contributed by atoms with Crippen LogP contribution in [-0.4, -0.2) is 82.9 Å². The standard InChI is InChI=1S/C38H41ClN6O7/c1-21(46)36(38(48)49)41-19-29-32(50-2)15-24(16-33(29)51-3)45-31-10-6-7-25(28(31)20-42-45)26-8-5-9-27(35(26)39)30-13-11-22(37(44-30)52-4)17-40-18-23-12-14-34(47)43-23/h5-11,13,15-16,20-21,23,36,40-41,46H,12,14,17-19H2,1-4H3,(H,43,47)(H,48,49)/t21-,23+,36+/m1/s1. The number of nitrogens with one attached hydrogen (secondary N) is 3. The number of benzene rings is 3. The van der Waals surface area contributed by atoms with Gasteiger partial charge in [-0.3, -0.25) is 14.9 Å². The number of ether oxygens (including phenoxy) is 3. The Morgan fingerprint density at radius 2 is 1.73 bits per heavy atom. The largest absolute Gasteiger partial charge is 0.496 e. The number of rotatable bonds is 15. The Kier molecular flexibility index (Phi) is 11.2. The number of carbonyl (C=O) groups is 2. The van der Waals surface area contributed by atoms with Crippen molar-refractivity contribution < 1.29 is 34.0 Å². The van der Waals surface area contributed by atoms with Crippen LogP contribution >= 0.6 is 11.6 Å². The monoisotopic (exact) mass is 728 g/mol. The number of aliphatic hydroxyl groups is 1. The first-order chi connectivity index (χ1) is 25.1. The van der Waals surface area contributed by atoms with Gasteiger partial charge in [0.25, 0.3) is 0 Å². The molecule has 3 atom stereocenters. The summed E-state index contributed by atoms with van der Waals surface area (Å²) in [5.41, 5.74) is 6.04. The van der Waals surface area contributed by atoms with Gasteiger partial charge in [-0.05, 0) is 31.0 Å². The van der Waals surface area contributed by atoms with E-state index in [1.54, 1.807) is 30.1 Å². The molecule has 1 amide bonds. The second kappa shape index (κ2) is 16.0. The molecule has 5 aromatic rings. The van der Waals surface area contributed by atoms with Gasteiger partial charge < -0.3 is 35.1 Å². The van der Waals surface area contributed by atoms with Crippen molar-refractivity contribution in [3.8, 4) is 45.5 Å². The van der Waals surface area contributed by atoms with E-state index in [1.165, 1.54) is 21.1 Å². The van der Waals surface area contributed by atoms with Gasteiger partial charge in [0.15, 0.2) is 0 Å². The van der Waals surface area contributed by atoms with Crippen molar-refractivity contribution in [2.45, 2.75) is 51.0 Å². The van der Waals surface area contributed by atoms with Gasteiger partial charge >= 0.3 is 5.97 Å². The van der Waals surface area contributed by atoms with E-state index in [-0.39, 0.29) is 18.5 Å². The van der Waals surface area contributed by atoms with Crippen molar-refractivity contribution in [1.29, 1.82) is 0 Å². The van der Waals surface area contributed by atoms with Gasteiger partial charge in [-0.1, -0.05) is 48.0 Å². The summed E-state index contributed by atoms with van der Waals surface area (Å²) in [6, 6.07) is 18.2. The lowest BCUT2D eigenvalue weighted by molar-refractivity contribution is -0.142.